The van der Waals surface area contributed by atoms with E-state index in [1.165, 1.54) is 19.3 Å². The van der Waals surface area contributed by atoms with E-state index in [9.17, 15) is 9.59 Å². The molecule has 2 fully saturated rings. The lowest BCUT2D eigenvalue weighted by Gasteiger charge is -2.24. The van der Waals surface area contributed by atoms with Crippen molar-refractivity contribution >= 4 is 11.9 Å². The lowest BCUT2D eigenvalue weighted by atomic mass is 10.0. The molecule has 1 aliphatic heterocycles. The molecule has 1 saturated heterocycles. The van der Waals surface area contributed by atoms with E-state index in [0.717, 1.165) is 25.4 Å². The van der Waals surface area contributed by atoms with E-state index >= 15 is 0 Å². The normalized spacial score (nSPS) is 27.9. The summed E-state index contributed by atoms with van der Waals surface area (Å²) in [6, 6.07) is 0. The Bertz CT molecular complexity index is 305. The Morgan fingerprint density at radius 1 is 1.18 bits per heavy atom. The van der Waals surface area contributed by atoms with Gasteiger partial charge >= 0.3 is 5.97 Å². The Kier molecular flexibility index (Phi) is 3.99. The van der Waals surface area contributed by atoms with Crippen LogP contribution in [-0.4, -0.2) is 48.2 Å². The van der Waals surface area contributed by atoms with Crippen LogP contribution in [0.3, 0.4) is 0 Å². The van der Waals surface area contributed by atoms with Crippen molar-refractivity contribution in [1.82, 2.24) is 4.90 Å². The van der Waals surface area contributed by atoms with E-state index in [0.29, 0.717) is 5.92 Å². The van der Waals surface area contributed by atoms with Crippen LogP contribution in [0.25, 0.3) is 0 Å². The summed E-state index contributed by atoms with van der Waals surface area (Å²) in [7, 11) is 0. The smallest absolute Gasteiger partial charge is 0.329 e. The van der Waals surface area contributed by atoms with Crippen LogP contribution in [0.2, 0.25) is 0 Å². The zero-order valence-corrected chi connectivity index (χ0v) is 9.93. The molecular formula is C12H19NO4. The summed E-state index contributed by atoms with van der Waals surface area (Å²) in [6.45, 7) is 1.12. The van der Waals surface area contributed by atoms with Crippen LogP contribution < -0.4 is 0 Å². The maximum absolute atomic E-state index is 11.8. The Morgan fingerprint density at radius 2 is 1.94 bits per heavy atom. The van der Waals surface area contributed by atoms with Gasteiger partial charge in [-0.15, -0.1) is 0 Å². The zero-order valence-electron chi connectivity index (χ0n) is 9.93. The van der Waals surface area contributed by atoms with E-state index in [1.54, 1.807) is 0 Å². The van der Waals surface area contributed by atoms with E-state index in [4.69, 9.17) is 9.84 Å². The van der Waals surface area contributed by atoms with Crippen LogP contribution in [0.15, 0.2) is 0 Å². The number of amides is 1. The Morgan fingerprint density at radius 3 is 2.71 bits per heavy atom. The third-order valence-corrected chi connectivity index (χ3v) is 3.74. The van der Waals surface area contributed by atoms with Crippen LogP contribution in [0.5, 0.6) is 0 Å². The van der Waals surface area contributed by atoms with Crippen LogP contribution in [0.1, 0.15) is 25.7 Å². The number of fused-ring (bicyclic) bond motifs is 2. The molecule has 2 aliphatic rings. The molecule has 0 spiro atoms. The largest absolute Gasteiger partial charge is 0.480 e. The first kappa shape index (κ1) is 12.4. The lowest BCUT2D eigenvalue weighted by Crippen LogP contribution is -2.37. The highest BCUT2D eigenvalue weighted by molar-refractivity contribution is 5.78. The molecule has 1 aliphatic carbocycles. The van der Waals surface area contributed by atoms with Crippen molar-refractivity contribution in [3.63, 3.8) is 0 Å². The van der Waals surface area contributed by atoms with Crippen molar-refractivity contribution in [3.05, 3.63) is 0 Å². The first-order valence-electron chi connectivity index (χ1n) is 6.22. The van der Waals surface area contributed by atoms with Crippen molar-refractivity contribution in [2.45, 2.75) is 25.7 Å². The van der Waals surface area contributed by atoms with Crippen LogP contribution in [-0.2, 0) is 14.3 Å². The molecule has 0 aromatic carbocycles. The highest BCUT2D eigenvalue weighted by atomic mass is 16.5. The summed E-state index contributed by atoms with van der Waals surface area (Å²) in [5, 5.41) is 8.42. The minimum atomic E-state index is -1.03. The fourth-order valence-electron chi connectivity index (χ4n) is 2.89. The molecule has 0 aromatic rings. The number of carboxylic acids is 1. The number of carbonyl (C=O) groups excluding carboxylic acids is 1. The molecule has 0 radical (unpaired) electrons. The summed E-state index contributed by atoms with van der Waals surface area (Å²) in [5.41, 5.74) is 0. The van der Waals surface area contributed by atoms with Crippen molar-refractivity contribution in [1.29, 1.82) is 0 Å². The predicted octanol–water partition coefficient (Wildman–Crippen LogP) is 0.736. The van der Waals surface area contributed by atoms with Gasteiger partial charge in [0.05, 0.1) is 0 Å². The summed E-state index contributed by atoms with van der Waals surface area (Å²) in [4.78, 5) is 23.9. The summed E-state index contributed by atoms with van der Waals surface area (Å²) in [6.07, 6.45) is 4.87. The van der Waals surface area contributed by atoms with Gasteiger partial charge in [-0.25, -0.2) is 4.79 Å². The first-order chi connectivity index (χ1) is 8.15. The average Bonchev–Trinajstić information content (AvgIpc) is 2.57. The fourth-order valence-corrected chi connectivity index (χ4v) is 2.89. The van der Waals surface area contributed by atoms with Gasteiger partial charge in [-0.05, 0) is 31.1 Å². The van der Waals surface area contributed by atoms with Crippen molar-refractivity contribution in [2.75, 3.05) is 26.3 Å². The van der Waals surface area contributed by atoms with Gasteiger partial charge < -0.3 is 14.7 Å². The maximum atomic E-state index is 11.8. The quantitative estimate of drug-likeness (QED) is 0.788. The monoisotopic (exact) mass is 241 g/mol. The van der Waals surface area contributed by atoms with Gasteiger partial charge in [-0.1, -0.05) is 6.42 Å². The molecule has 5 heteroatoms. The summed E-state index contributed by atoms with van der Waals surface area (Å²) < 4.78 is 4.84. The molecular weight excluding hydrogens is 222 g/mol. The molecule has 96 valence electrons. The van der Waals surface area contributed by atoms with E-state index in [2.05, 4.69) is 0 Å². The van der Waals surface area contributed by atoms with Crippen LogP contribution in [0.4, 0.5) is 0 Å². The Labute approximate surface area is 101 Å². The van der Waals surface area contributed by atoms with Crippen LogP contribution in [0, 0.1) is 11.8 Å². The van der Waals surface area contributed by atoms with Gasteiger partial charge in [0.1, 0.15) is 13.2 Å². The first-order valence-corrected chi connectivity index (χ1v) is 6.22. The second kappa shape index (κ2) is 5.49. The molecule has 2 unspecified atom stereocenters. The molecule has 1 heterocycles. The number of ether oxygens (including phenoxy) is 1. The molecule has 1 saturated carbocycles. The molecule has 2 rings (SSSR count). The summed E-state index contributed by atoms with van der Waals surface area (Å²) in [5.74, 6) is 0.329. The predicted molar refractivity (Wildman–Crippen MR) is 60.5 cm³/mol. The molecule has 1 amide bonds. The number of likely N-dealkylation sites (tertiary alicyclic amines) is 1. The highest BCUT2D eigenvalue weighted by Crippen LogP contribution is 2.36. The minimum Gasteiger partial charge on any atom is -0.480 e. The maximum Gasteiger partial charge on any atom is 0.329 e. The number of hydrogen-bond donors (Lipinski definition) is 1. The van der Waals surface area contributed by atoms with Gasteiger partial charge in [0.25, 0.3) is 0 Å². The number of nitrogens with zero attached hydrogens (tertiary/aromatic N) is 1. The van der Waals surface area contributed by atoms with Gasteiger partial charge in [-0.3, -0.25) is 4.79 Å². The molecule has 2 bridgehead atoms. The van der Waals surface area contributed by atoms with Gasteiger partial charge in [-0.2, -0.15) is 0 Å². The third-order valence-electron chi connectivity index (χ3n) is 3.74. The highest BCUT2D eigenvalue weighted by Gasteiger charge is 2.31. The lowest BCUT2D eigenvalue weighted by molar-refractivity contribution is -0.146. The van der Waals surface area contributed by atoms with E-state index in [-0.39, 0.29) is 12.5 Å². The fraction of sp³-hybridized carbons (Fsp3) is 0.833. The molecule has 17 heavy (non-hydrogen) atoms. The number of carboxylic acid groups (broad SMARTS) is 1. The molecule has 5 nitrogen and oxygen atoms in total. The second-order valence-electron chi connectivity index (χ2n) is 5.06. The van der Waals surface area contributed by atoms with E-state index in [1.807, 2.05) is 4.90 Å². The van der Waals surface area contributed by atoms with Gasteiger partial charge in [0.2, 0.25) is 5.91 Å². The van der Waals surface area contributed by atoms with E-state index < -0.39 is 12.6 Å². The number of hydrogen-bond acceptors (Lipinski definition) is 3. The zero-order chi connectivity index (χ0) is 12.3. The number of carbonyl (C=O) groups is 2. The summed E-state index contributed by atoms with van der Waals surface area (Å²) >= 11 is 0. The molecule has 1 N–H and O–H groups in total. The average molecular weight is 241 g/mol. The van der Waals surface area contributed by atoms with Crippen molar-refractivity contribution in [3.8, 4) is 0 Å². The number of rotatable bonds is 4. The minimum absolute atomic E-state index is 0.0706. The molecule has 0 aromatic heterocycles. The van der Waals surface area contributed by atoms with Gasteiger partial charge in [0, 0.05) is 13.1 Å². The van der Waals surface area contributed by atoms with Crippen LogP contribution >= 0.6 is 0 Å². The standard InChI is InChI=1S/C12H19NO4/c14-11(7-17-8-12(15)16)13-4-3-9-1-2-10(5-9)6-13/h9-10H,1-8H2,(H,15,16). The second-order valence-corrected chi connectivity index (χ2v) is 5.06. The third kappa shape index (κ3) is 3.43. The van der Waals surface area contributed by atoms with Crippen molar-refractivity contribution < 1.29 is 19.4 Å². The number of aliphatic carboxylic acids is 1. The Hall–Kier alpha value is -1.10. The Balaban J connectivity index is 1.77. The van der Waals surface area contributed by atoms with Crippen molar-refractivity contribution in [2.24, 2.45) is 11.8 Å². The van der Waals surface area contributed by atoms with Gasteiger partial charge in [0.15, 0.2) is 0 Å². The SMILES string of the molecule is O=C(O)COCC(=O)N1CCC2CCC(C2)C1. The topological polar surface area (TPSA) is 66.8 Å². The molecule has 2 atom stereocenters.